The molecule has 31 heavy (non-hydrogen) atoms. The number of aryl methyl sites for hydroxylation is 1. The minimum Gasteiger partial charge on any atom is -0.484 e. The van der Waals surface area contributed by atoms with Crippen molar-refractivity contribution >= 4 is 50.9 Å². The van der Waals surface area contributed by atoms with Crippen molar-refractivity contribution in [3.8, 4) is 5.75 Å². The first-order valence-electron chi connectivity index (χ1n) is 10.1. The van der Waals surface area contributed by atoms with Crippen LogP contribution in [0.2, 0.25) is 10.0 Å². The van der Waals surface area contributed by atoms with Gasteiger partial charge in [-0.2, -0.15) is 0 Å². The second-order valence-electron chi connectivity index (χ2n) is 7.28. The molecule has 1 unspecified atom stereocenters. The third-order valence-corrected chi connectivity index (χ3v) is 6.32. The number of hydrogen-bond acceptors (Lipinski definition) is 3. The van der Waals surface area contributed by atoms with Crippen LogP contribution in [0, 0.1) is 6.92 Å². The topological polar surface area (TPSA) is 58.6 Å². The molecule has 1 atom stereocenters. The number of benzene rings is 2. The first-order chi connectivity index (χ1) is 14.7. The average Bonchev–Trinajstić information content (AvgIpc) is 2.73. The lowest BCUT2D eigenvalue weighted by Crippen LogP contribution is -2.49. The van der Waals surface area contributed by atoms with Crippen molar-refractivity contribution in [3.63, 3.8) is 0 Å². The van der Waals surface area contributed by atoms with Crippen molar-refractivity contribution in [1.29, 1.82) is 0 Å². The molecule has 1 N–H and O–H groups in total. The Morgan fingerprint density at radius 1 is 1.19 bits per heavy atom. The van der Waals surface area contributed by atoms with Crippen LogP contribution >= 0.6 is 39.1 Å². The van der Waals surface area contributed by atoms with E-state index in [0.29, 0.717) is 27.9 Å². The molecule has 0 aliphatic rings. The summed E-state index contributed by atoms with van der Waals surface area (Å²) in [5.74, 6) is 0.0506. The Morgan fingerprint density at radius 3 is 2.58 bits per heavy atom. The summed E-state index contributed by atoms with van der Waals surface area (Å²) in [5.41, 5.74) is 1.70. The summed E-state index contributed by atoms with van der Waals surface area (Å²) in [4.78, 5) is 27.2. The van der Waals surface area contributed by atoms with E-state index in [1.807, 2.05) is 19.1 Å². The number of nitrogens with one attached hydrogen (secondary N) is 1. The molecule has 2 rings (SSSR count). The summed E-state index contributed by atoms with van der Waals surface area (Å²) in [6, 6.07) is 9.89. The number of nitrogens with zero attached hydrogens (tertiary/aromatic N) is 1. The third-order valence-electron chi connectivity index (χ3n) is 4.84. The molecule has 8 heteroatoms. The fourth-order valence-corrected chi connectivity index (χ4v) is 3.60. The highest BCUT2D eigenvalue weighted by atomic mass is 79.9. The molecule has 168 valence electrons. The third kappa shape index (κ3) is 7.70. The standard InChI is InChI=1S/C23H27BrCl2N2O3/c1-4-5-10-27-23(30)16(3)28(13-17-6-7-18(25)12-21(17)26)22(29)14-31-19-8-9-20(24)15(2)11-19/h6-9,11-12,16H,4-5,10,13-14H2,1-3H3,(H,27,30). The Morgan fingerprint density at radius 2 is 1.94 bits per heavy atom. The van der Waals surface area contributed by atoms with E-state index in [9.17, 15) is 9.59 Å². The van der Waals surface area contributed by atoms with E-state index in [0.717, 1.165) is 22.9 Å². The van der Waals surface area contributed by atoms with Crippen molar-refractivity contribution in [2.75, 3.05) is 13.2 Å². The van der Waals surface area contributed by atoms with Crippen molar-refractivity contribution in [3.05, 3.63) is 62.0 Å². The molecule has 2 aromatic rings. The van der Waals surface area contributed by atoms with E-state index in [1.54, 1.807) is 31.2 Å². The maximum absolute atomic E-state index is 13.1. The van der Waals surface area contributed by atoms with Gasteiger partial charge in [0.2, 0.25) is 5.91 Å². The van der Waals surface area contributed by atoms with Gasteiger partial charge in [-0.05, 0) is 61.7 Å². The van der Waals surface area contributed by atoms with E-state index in [2.05, 4.69) is 28.2 Å². The minimum atomic E-state index is -0.689. The molecule has 0 radical (unpaired) electrons. The second kappa shape index (κ2) is 12.3. The number of ether oxygens (including phenoxy) is 1. The number of unbranched alkanes of at least 4 members (excludes halogenated alkanes) is 1. The number of rotatable bonds is 10. The Balaban J connectivity index is 2.17. The van der Waals surface area contributed by atoms with Crippen LogP contribution in [0.5, 0.6) is 5.75 Å². The molecule has 0 spiro atoms. The quantitative estimate of drug-likeness (QED) is 0.397. The fraction of sp³-hybridized carbons (Fsp3) is 0.391. The highest BCUT2D eigenvalue weighted by molar-refractivity contribution is 9.10. The molecule has 0 bridgehead atoms. The van der Waals surface area contributed by atoms with Crippen LogP contribution in [0.25, 0.3) is 0 Å². The Hall–Kier alpha value is -1.76. The minimum absolute atomic E-state index is 0.167. The average molecular weight is 530 g/mol. The lowest BCUT2D eigenvalue weighted by atomic mass is 10.1. The molecular formula is C23H27BrCl2N2O3. The summed E-state index contributed by atoms with van der Waals surface area (Å²) in [7, 11) is 0. The molecule has 2 amide bonds. The highest BCUT2D eigenvalue weighted by Crippen LogP contribution is 2.24. The first-order valence-corrected chi connectivity index (χ1v) is 11.7. The van der Waals surface area contributed by atoms with Gasteiger partial charge in [0, 0.05) is 27.6 Å². The van der Waals surface area contributed by atoms with Crippen LogP contribution in [0.1, 0.15) is 37.8 Å². The van der Waals surface area contributed by atoms with Gasteiger partial charge < -0.3 is 15.0 Å². The monoisotopic (exact) mass is 528 g/mol. The lowest BCUT2D eigenvalue weighted by molar-refractivity contribution is -0.142. The van der Waals surface area contributed by atoms with Crippen molar-refractivity contribution < 1.29 is 14.3 Å². The van der Waals surface area contributed by atoms with Crippen LogP contribution in [-0.4, -0.2) is 35.9 Å². The van der Waals surface area contributed by atoms with Gasteiger partial charge in [-0.25, -0.2) is 0 Å². The second-order valence-corrected chi connectivity index (χ2v) is 8.98. The Labute approximate surface area is 202 Å². The van der Waals surface area contributed by atoms with E-state index < -0.39 is 6.04 Å². The van der Waals surface area contributed by atoms with Gasteiger partial charge in [0.05, 0.1) is 0 Å². The number of carbonyl (C=O) groups excluding carboxylic acids is 2. The Kier molecular flexibility index (Phi) is 10.1. The van der Waals surface area contributed by atoms with Gasteiger partial charge in [0.25, 0.3) is 5.91 Å². The van der Waals surface area contributed by atoms with Gasteiger partial charge in [0.15, 0.2) is 6.61 Å². The SMILES string of the molecule is CCCCNC(=O)C(C)N(Cc1ccc(Cl)cc1Cl)C(=O)COc1ccc(Br)c(C)c1. The van der Waals surface area contributed by atoms with Crippen molar-refractivity contribution in [2.24, 2.45) is 0 Å². The Bertz CT molecular complexity index is 924. The molecule has 0 saturated carbocycles. The highest BCUT2D eigenvalue weighted by Gasteiger charge is 2.27. The normalized spacial score (nSPS) is 11.7. The van der Waals surface area contributed by atoms with Crippen molar-refractivity contribution in [1.82, 2.24) is 10.2 Å². The van der Waals surface area contributed by atoms with Crippen LogP contribution in [0.4, 0.5) is 0 Å². The molecule has 0 fully saturated rings. The lowest BCUT2D eigenvalue weighted by Gasteiger charge is -2.29. The molecular weight excluding hydrogens is 503 g/mol. The predicted octanol–water partition coefficient (Wildman–Crippen LogP) is 5.78. The zero-order valence-corrected chi connectivity index (χ0v) is 21.0. The summed E-state index contributed by atoms with van der Waals surface area (Å²) in [6.45, 7) is 6.23. The molecule has 0 aliphatic heterocycles. The smallest absolute Gasteiger partial charge is 0.261 e. The van der Waals surface area contributed by atoms with E-state index >= 15 is 0 Å². The van der Waals surface area contributed by atoms with Gasteiger partial charge in [-0.3, -0.25) is 9.59 Å². The summed E-state index contributed by atoms with van der Waals surface area (Å²) in [6.07, 6.45) is 1.85. The summed E-state index contributed by atoms with van der Waals surface area (Å²) < 4.78 is 6.66. The summed E-state index contributed by atoms with van der Waals surface area (Å²) in [5, 5.41) is 3.83. The molecule has 2 aromatic carbocycles. The number of halogens is 3. The summed E-state index contributed by atoms with van der Waals surface area (Å²) >= 11 is 15.7. The van der Waals surface area contributed by atoms with Gasteiger partial charge in [-0.1, -0.05) is 58.5 Å². The molecule has 0 aliphatic carbocycles. The maximum atomic E-state index is 13.1. The van der Waals surface area contributed by atoms with Crippen LogP contribution < -0.4 is 10.1 Å². The molecule has 5 nitrogen and oxygen atoms in total. The maximum Gasteiger partial charge on any atom is 0.261 e. The number of carbonyl (C=O) groups is 2. The number of hydrogen-bond donors (Lipinski definition) is 1. The van der Waals surface area contributed by atoms with Crippen LogP contribution in [-0.2, 0) is 16.1 Å². The van der Waals surface area contributed by atoms with Crippen LogP contribution in [0.15, 0.2) is 40.9 Å². The molecule has 0 heterocycles. The fourth-order valence-electron chi connectivity index (χ4n) is 2.89. The molecule has 0 aromatic heterocycles. The van der Waals surface area contributed by atoms with Gasteiger partial charge in [-0.15, -0.1) is 0 Å². The zero-order valence-electron chi connectivity index (χ0n) is 17.9. The number of amides is 2. The van der Waals surface area contributed by atoms with E-state index in [1.165, 1.54) is 4.90 Å². The van der Waals surface area contributed by atoms with E-state index in [-0.39, 0.29) is 25.0 Å². The predicted molar refractivity (Wildman–Crippen MR) is 129 cm³/mol. The first kappa shape index (κ1) is 25.5. The zero-order chi connectivity index (χ0) is 23.0. The van der Waals surface area contributed by atoms with Gasteiger partial charge >= 0.3 is 0 Å². The van der Waals surface area contributed by atoms with E-state index in [4.69, 9.17) is 27.9 Å². The van der Waals surface area contributed by atoms with Crippen LogP contribution in [0.3, 0.4) is 0 Å². The molecule has 0 saturated heterocycles. The van der Waals surface area contributed by atoms with Crippen molar-refractivity contribution in [2.45, 2.75) is 46.2 Å². The van der Waals surface area contributed by atoms with Gasteiger partial charge in [0.1, 0.15) is 11.8 Å². The largest absolute Gasteiger partial charge is 0.484 e.